The van der Waals surface area contributed by atoms with Gasteiger partial charge in [0, 0.05) is 21.0 Å². The van der Waals surface area contributed by atoms with E-state index in [-0.39, 0.29) is 10.9 Å². The zero-order valence-corrected chi connectivity index (χ0v) is 8.51. The van der Waals surface area contributed by atoms with Crippen molar-refractivity contribution in [3.8, 4) is 5.06 Å². The number of fused-ring (bicyclic) bond motifs is 1. The Balaban J connectivity index is 2.80. The molecule has 1 aromatic carbocycles. The second kappa shape index (κ2) is 3.20. The Hall–Kier alpha value is -0.740. The third kappa shape index (κ3) is 1.51. The molecule has 0 unspecified atom stereocenters. The van der Waals surface area contributed by atoms with E-state index in [4.69, 9.17) is 0 Å². The zero-order chi connectivity index (χ0) is 9.42. The summed E-state index contributed by atoms with van der Waals surface area (Å²) >= 11 is 2.68. The van der Waals surface area contributed by atoms with Crippen molar-refractivity contribution < 1.29 is 9.50 Å². The minimum Gasteiger partial charge on any atom is -0.499 e. The van der Waals surface area contributed by atoms with Crippen molar-refractivity contribution in [2.45, 2.75) is 4.90 Å². The normalized spacial score (nSPS) is 10.9. The number of hydrogen-bond acceptors (Lipinski definition) is 3. The van der Waals surface area contributed by atoms with Crippen LogP contribution in [0.4, 0.5) is 4.39 Å². The molecule has 0 saturated carbocycles. The predicted octanol–water partition coefficient (Wildman–Crippen LogP) is 3.47. The van der Waals surface area contributed by atoms with E-state index in [0.29, 0.717) is 0 Å². The Morgan fingerprint density at radius 3 is 2.85 bits per heavy atom. The number of hydrogen-bond donors (Lipinski definition) is 1. The summed E-state index contributed by atoms with van der Waals surface area (Å²) in [5.41, 5.74) is 0. The maximum absolute atomic E-state index is 13.0. The third-order valence-electron chi connectivity index (χ3n) is 1.77. The summed E-state index contributed by atoms with van der Waals surface area (Å²) in [4.78, 5) is 0.867. The fourth-order valence-corrected chi connectivity index (χ4v) is 2.77. The standard InChI is InChI=1S/C9H7FOS2/c1-12-7-2-5(10)3-8-6(7)4-9(11)13-8/h2-4,11H,1H3. The van der Waals surface area contributed by atoms with E-state index in [1.54, 1.807) is 6.07 Å². The van der Waals surface area contributed by atoms with E-state index in [0.717, 1.165) is 15.0 Å². The third-order valence-corrected chi connectivity index (χ3v) is 3.43. The lowest BCUT2D eigenvalue weighted by Crippen LogP contribution is -1.75. The van der Waals surface area contributed by atoms with Crippen LogP contribution in [0.25, 0.3) is 10.1 Å². The van der Waals surface area contributed by atoms with Gasteiger partial charge in [-0.2, -0.15) is 0 Å². The smallest absolute Gasteiger partial charge is 0.172 e. The number of halogens is 1. The van der Waals surface area contributed by atoms with Crippen molar-refractivity contribution in [3.05, 3.63) is 24.0 Å². The molecule has 0 spiro atoms. The first kappa shape index (κ1) is 8.84. The lowest BCUT2D eigenvalue weighted by atomic mass is 10.2. The zero-order valence-electron chi connectivity index (χ0n) is 6.87. The molecule has 0 bridgehead atoms. The molecule has 13 heavy (non-hydrogen) atoms. The van der Waals surface area contributed by atoms with Gasteiger partial charge in [-0.15, -0.1) is 11.8 Å². The van der Waals surface area contributed by atoms with Gasteiger partial charge in [-0.1, -0.05) is 11.3 Å². The summed E-state index contributed by atoms with van der Waals surface area (Å²) < 4.78 is 13.8. The summed E-state index contributed by atoms with van der Waals surface area (Å²) in [6.45, 7) is 0. The molecule has 1 heterocycles. The first-order chi connectivity index (χ1) is 6.20. The van der Waals surface area contributed by atoms with Gasteiger partial charge in [-0.3, -0.25) is 0 Å². The summed E-state index contributed by atoms with van der Waals surface area (Å²) in [6, 6.07) is 4.60. The SMILES string of the molecule is CSc1cc(F)cc2sc(O)cc12. The van der Waals surface area contributed by atoms with Crippen molar-refractivity contribution in [3.63, 3.8) is 0 Å². The molecule has 1 nitrogen and oxygen atoms in total. The first-order valence-corrected chi connectivity index (χ1v) is 5.71. The van der Waals surface area contributed by atoms with Gasteiger partial charge in [-0.05, 0) is 18.4 Å². The van der Waals surface area contributed by atoms with Gasteiger partial charge in [0.25, 0.3) is 0 Å². The molecule has 2 rings (SSSR count). The van der Waals surface area contributed by atoms with E-state index in [9.17, 15) is 9.50 Å². The molecule has 4 heteroatoms. The van der Waals surface area contributed by atoms with Crippen LogP contribution in [0.2, 0.25) is 0 Å². The van der Waals surface area contributed by atoms with Gasteiger partial charge in [0.05, 0.1) is 0 Å². The van der Waals surface area contributed by atoms with Gasteiger partial charge < -0.3 is 5.11 Å². The molecule has 1 aromatic heterocycles. The van der Waals surface area contributed by atoms with Gasteiger partial charge in [0.2, 0.25) is 0 Å². The average Bonchev–Trinajstić information content (AvgIpc) is 2.43. The van der Waals surface area contributed by atoms with E-state index in [1.165, 1.54) is 35.2 Å². The van der Waals surface area contributed by atoms with Gasteiger partial charge >= 0.3 is 0 Å². The van der Waals surface area contributed by atoms with Crippen molar-refractivity contribution in [2.75, 3.05) is 6.26 Å². The maximum Gasteiger partial charge on any atom is 0.172 e. The fraction of sp³-hybridized carbons (Fsp3) is 0.111. The highest BCUT2D eigenvalue weighted by molar-refractivity contribution is 7.98. The highest BCUT2D eigenvalue weighted by atomic mass is 32.2. The van der Waals surface area contributed by atoms with Crippen LogP contribution in [0.1, 0.15) is 0 Å². The molecule has 1 N–H and O–H groups in total. The van der Waals surface area contributed by atoms with E-state index >= 15 is 0 Å². The van der Waals surface area contributed by atoms with Gasteiger partial charge in [0.1, 0.15) is 5.82 Å². The maximum atomic E-state index is 13.0. The molecule has 0 saturated heterocycles. The molecule has 0 aliphatic carbocycles. The molecule has 0 radical (unpaired) electrons. The number of thioether (sulfide) groups is 1. The van der Waals surface area contributed by atoms with Crippen molar-refractivity contribution in [1.29, 1.82) is 0 Å². The monoisotopic (exact) mass is 214 g/mol. The van der Waals surface area contributed by atoms with Crippen LogP contribution in [0.5, 0.6) is 5.06 Å². The van der Waals surface area contributed by atoms with E-state index in [1.807, 2.05) is 6.26 Å². The van der Waals surface area contributed by atoms with E-state index in [2.05, 4.69) is 0 Å². The summed E-state index contributed by atoms with van der Waals surface area (Å²) in [7, 11) is 0. The number of benzene rings is 1. The van der Waals surface area contributed by atoms with Crippen LogP contribution in [0, 0.1) is 5.82 Å². The molecule has 0 aliphatic heterocycles. The molecule has 68 valence electrons. The highest BCUT2D eigenvalue weighted by Gasteiger charge is 2.07. The van der Waals surface area contributed by atoms with Crippen LogP contribution >= 0.6 is 23.1 Å². The van der Waals surface area contributed by atoms with Crippen LogP contribution in [0.3, 0.4) is 0 Å². The van der Waals surface area contributed by atoms with E-state index < -0.39 is 0 Å². The van der Waals surface area contributed by atoms with Crippen LogP contribution in [0.15, 0.2) is 23.1 Å². The quantitative estimate of drug-likeness (QED) is 0.733. The molecular formula is C9H7FOS2. The topological polar surface area (TPSA) is 20.2 Å². The molecule has 0 fully saturated rings. The molecular weight excluding hydrogens is 207 g/mol. The van der Waals surface area contributed by atoms with Crippen LogP contribution in [-0.4, -0.2) is 11.4 Å². The minimum absolute atomic E-state index is 0.232. The second-order valence-corrected chi connectivity index (χ2v) is 4.51. The first-order valence-electron chi connectivity index (χ1n) is 3.67. The van der Waals surface area contributed by atoms with Crippen molar-refractivity contribution >= 4 is 33.2 Å². The van der Waals surface area contributed by atoms with Crippen molar-refractivity contribution in [1.82, 2.24) is 0 Å². The lowest BCUT2D eigenvalue weighted by molar-refractivity contribution is 0.491. The van der Waals surface area contributed by atoms with Crippen LogP contribution < -0.4 is 0 Å². The Labute approximate surface area is 83.2 Å². The second-order valence-electron chi connectivity index (χ2n) is 2.60. The molecule has 0 amide bonds. The Morgan fingerprint density at radius 1 is 1.38 bits per heavy atom. The molecule has 0 aliphatic rings. The minimum atomic E-state index is -0.251. The molecule has 2 aromatic rings. The highest BCUT2D eigenvalue weighted by Crippen LogP contribution is 2.36. The number of aromatic hydroxyl groups is 1. The van der Waals surface area contributed by atoms with Gasteiger partial charge in [-0.25, -0.2) is 4.39 Å². The summed E-state index contributed by atoms with van der Waals surface area (Å²) in [5.74, 6) is -0.251. The average molecular weight is 214 g/mol. The molecule has 0 atom stereocenters. The summed E-state index contributed by atoms with van der Waals surface area (Å²) in [6.07, 6.45) is 1.89. The van der Waals surface area contributed by atoms with Crippen molar-refractivity contribution in [2.24, 2.45) is 0 Å². The lowest BCUT2D eigenvalue weighted by Gasteiger charge is -1.98. The Morgan fingerprint density at radius 2 is 2.15 bits per heavy atom. The predicted molar refractivity (Wildman–Crippen MR) is 55.2 cm³/mol. The number of rotatable bonds is 1. The van der Waals surface area contributed by atoms with Gasteiger partial charge in [0.15, 0.2) is 5.06 Å². The van der Waals surface area contributed by atoms with Crippen LogP contribution in [-0.2, 0) is 0 Å². The number of thiophene rings is 1. The summed E-state index contributed by atoms with van der Waals surface area (Å²) in [5, 5.41) is 10.4. The fourth-order valence-electron chi connectivity index (χ4n) is 1.23. The largest absolute Gasteiger partial charge is 0.499 e. The Bertz CT molecular complexity index is 450. The Kier molecular flexibility index (Phi) is 2.17.